The molecule has 2 aliphatic rings. The number of halogens is 1. The van der Waals surface area contributed by atoms with E-state index in [1.54, 1.807) is 14.2 Å². The van der Waals surface area contributed by atoms with E-state index in [9.17, 15) is 0 Å². The molecule has 4 rings (SSSR count). The first-order valence-electron chi connectivity index (χ1n) is 9.72. The first-order valence-corrected chi connectivity index (χ1v) is 10.5. The highest BCUT2D eigenvalue weighted by atomic mass is 79.9. The van der Waals surface area contributed by atoms with Crippen LogP contribution in [0.1, 0.15) is 43.0 Å². The van der Waals surface area contributed by atoms with Crippen LogP contribution in [0.15, 0.2) is 34.8 Å². The van der Waals surface area contributed by atoms with Crippen LogP contribution in [0.2, 0.25) is 0 Å². The summed E-state index contributed by atoms with van der Waals surface area (Å²) in [6, 6.07) is 10.5. The summed E-state index contributed by atoms with van der Waals surface area (Å²) in [6.07, 6.45) is 2.22. The highest BCUT2D eigenvalue weighted by Gasteiger charge is 2.40. The van der Waals surface area contributed by atoms with Gasteiger partial charge in [0.2, 0.25) is 0 Å². The molecule has 2 aromatic carbocycles. The molecule has 0 saturated carbocycles. The van der Waals surface area contributed by atoms with E-state index in [4.69, 9.17) is 18.9 Å². The van der Waals surface area contributed by atoms with E-state index in [0.29, 0.717) is 12.5 Å². The number of methoxy groups -OCH3 is 2. The normalized spacial score (nSPS) is 23.2. The maximum Gasteiger partial charge on any atom is 0.174 e. The molecule has 1 saturated heterocycles. The predicted molar refractivity (Wildman–Crippen MR) is 113 cm³/mol. The van der Waals surface area contributed by atoms with E-state index in [2.05, 4.69) is 45.5 Å². The second-order valence-corrected chi connectivity index (χ2v) is 7.99. The van der Waals surface area contributed by atoms with E-state index in [0.717, 1.165) is 52.4 Å². The highest BCUT2D eigenvalue weighted by molar-refractivity contribution is 9.10. The summed E-state index contributed by atoms with van der Waals surface area (Å²) < 4.78 is 24.0. The van der Waals surface area contributed by atoms with Gasteiger partial charge in [-0.05, 0) is 71.6 Å². The molecule has 0 radical (unpaired) electrons. The van der Waals surface area contributed by atoms with E-state index >= 15 is 0 Å². The summed E-state index contributed by atoms with van der Waals surface area (Å²) in [6.45, 7) is 3.36. The minimum Gasteiger partial charge on any atom is -0.497 e. The van der Waals surface area contributed by atoms with Gasteiger partial charge in [-0.1, -0.05) is 0 Å². The van der Waals surface area contributed by atoms with Gasteiger partial charge in [-0.25, -0.2) is 0 Å². The quantitative estimate of drug-likeness (QED) is 0.655. The van der Waals surface area contributed by atoms with Gasteiger partial charge < -0.3 is 24.3 Å². The average molecular weight is 448 g/mol. The van der Waals surface area contributed by atoms with Crippen molar-refractivity contribution in [1.29, 1.82) is 0 Å². The zero-order valence-corrected chi connectivity index (χ0v) is 18.0. The zero-order valence-electron chi connectivity index (χ0n) is 16.5. The first kappa shape index (κ1) is 19.4. The first-order chi connectivity index (χ1) is 13.7. The lowest BCUT2D eigenvalue weighted by Gasteiger charge is -2.43. The fraction of sp³-hybridized carbons (Fsp3) is 0.455. The van der Waals surface area contributed by atoms with Gasteiger partial charge in [0, 0.05) is 23.8 Å². The molecule has 0 aromatic heterocycles. The Morgan fingerprint density at radius 1 is 1.18 bits per heavy atom. The minimum absolute atomic E-state index is 0.0570. The number of benzene rings is 2. The Bertz CT molecular complexity index is 857. The molecule has 1 N–H and O–H groups in total. The topological polar surface area (TPSA) is 49.0 Å². The van der Waals surface area contributed by atoms with Gasteiger partial charge in [0.15, 0.2) is 11.5 Å². The summed E-state index contributed by atoms with van der Waals surface area (Å²) in [7, 11) is 3.36. The van der Waals surface area contributed by atoms with Crippen molar-refractivity contribution in [1.82, 2.24) is 0 Å². The van der Waals surface area contributed by atoms with Crippen LogP contribution in [-0.2, 0) is 4.74 Å². The molecule has 2 heterocycles. The lowest BCUT2D eigenvalue weighted by atomic mass is 9.77. The minimum atomic E-state index is 0.0570. The summed E-state index contributed by atoms with van der Waals surface area (Å²) in [5, 5.41) is 3.75. The second-order valence-electron chi connectivity index (χ2n) is 7.14. The van der Waals surface area contributed by atoms with E-state index in [1.165, 1.54) is 5.56 Å². The number of ether oxygens (including phenoxy) is 4. The molecule has 6 heteroatoms. The molecule has 150 valence electrons. The molecule has 2 aromatic rings. The smallest absolute Gasteiger partial charge is 0.174 e. The number of hydrogen-bond acceptors (Lipinski definition) is 5. The van der Waals surface area contributed by atoms with Gasteiger partial charge in [-0.2, -0.15) is 0 Å². The van der Waals surface area contributed by atoms with Gasteiger partial charge in [0.1, 0.15) is 5.75 Å². The lowest BCUT2D eigenvalue weighted by Crippen LogP contribution is -2.36. The summed E-state index contributed by atoms with van der Waals surface area (Å²) in [4.78, 5) is 0. The maximum absolute atomic E-state index is 6.25. The van der Waals surface area contributed by atoms with Crippen molar-refractivity contribution in [2.24, 2.45) is 5.92 Å². The SMILES string of the molecule is CCOc1cc([C@H]2Nc3ccc(OC)cc3[C@H]3OCCC[C@@H]23)cc(Br)c1OC. The molecular formula is C22H26BrNO4. The van der Waals surface area contributed by atoms with Crippen molar-refractivity contribution in [3.63, 3.8) is 0 Å². The molecule has 0 amide bonds. The van der Waals surface area contributed by atoms with Crippen LogP contribution < -0.4 is 19.5 Å². The van der Waals surface area contributed by atoms with Crippen molar-refractivity contribution < 1.29 is 18.9 Å². The number of fused-ring (bicyclic) bond motifs is 3. The monoisotopic (exact) mass is 447 g/mol. The van der Waals surface area contributed by atoms with Gasteiger partial charge in [-0.15, -0.1) is 0 Å². The Kier molecular flexibility index (Phi) is 5.69. The van der Waals surface area contributed by atoms with Crippen LogP contribution in [0, 0.1) is 5.92 Å². The standard InChI is InChI=1S/C22H26BrNO4/c1-4-27-19-11-13(10-17(23)22(19)26-3)20-15-6-5-9-28-21(15)16-12-14(25-2)7-8-18(16)24-20/h7-8,10-12,15,20-21,24H,4-6,9H2,1-3H3/t15-,20+,21-/m0/s1. The molecule has 0 spiro atoms. The van der Waals surface area contributed by atoms with Gasteiger partial charge in [-0.3, -0.25) is 0 Å². The third-order valence-corrected chi connectivity index (χ3v) is 6.16. The van der Waals surface area contributed by atoms with Crippen molar-refractivity contribution in [2.75, 3.05) is 32.8 Å². The summed E-state index contributed by atoms with van der Waals surface area (Å²) in [5.74, 6) is 2.67. The van der Waals surface area contributed by atoms with E-state index in [1.807, 2.05) is 13.0 Å². The number of hydrogen-bond donors (Lipinski definition) is 1. The third-order valence-electron chi connectivity index (χ3n) is 5.57. The van der Waals surface area contributed by atoms with Gasteiger partial charge >= 0.3 is 0 Å². The van der Waals surface area contributed by atoms with Crippen LogP contribution in [0.4, 0.5) is 5.69 Å². The molecule has 28 heavy (non-hydrogen) atoms. The molecular weight excluding hydrogens is 422 g/mol. The zero-order chi connectivity index (χ0) is 19.7. The largest absolute Gasteiger partial charge is 0.497 e. The van der Waals surface area contributed by atoms with E-state index in [-0.39, 0.29) is 12.1 Å². The Balaban J connectivity index is 1.77. The van der Waals surface area contributed by atoms with Crippen LogP contribution in [0.25, 0.3) is 0 Å². The Morgan fingerprint density at radius 3 is 2.79 bits per heavy atom. The molecule has 5 nitrogen and oxygen atoms in total. The van der Waals surface area contributed by atoms with Crippen molar-refractivity contribution in [3.8, 4) is 17.2 Å². The molecule has 0 unspecified atom stereocenters. The van der Waals surface area contributed by atoms with Crippen LogP contribution in [-0.4, -0.2) is 27.4 Å². The van der Waals surface area contributed by atoms with E-state index < -0.39 is 0 Å². The van der Waals surface area contributed by atoms with Crippen LogP contribution >= 0.6 is 15.9 Å². The van der Waals surface area contributed by atoms with Crippen LogP contribution in [0.5, 0.6) is 17.2 Å². The fourth-order valence-electron chi connectivity index (χ4n) is 4.33. The fourth-order valence-corrected chi connectivity index (χ4v) is 4.96. The molecule has 2 aliphatic heterocycles. The maximum atomic E-state index is 6.25. The highest BCUT2D eigenvalue weighted by Crippen LogP contribution is 2.51. The Labute approximate surface area is 174 Å². The Morgan fingerprint density at radius 2 is 2.04 bits per heavy atom. The lowest BCUT2D eigenvalue weighted by molar-refractivity contribution is -0.0382. The summed E-state index contributed by atoms with van der Waals surface area (Å²) >= 11 is 3.65. The van der Waals surface area contributed by atoms with Gasteiger partial charge in [0.05, 0.1) is 37.4 Å². The van der Waals surface area contributed by atoms with Crippen molar-refractivity contribution >= 4 is 21.6 Å². The molecule has 0 aliphatic carbocycles. The molecule has 0 bridgehead atoms. The summed E-state index contributed by atoms with van der Waals surface area (Å²) in [5.41, 5.74) is 3.44. The molecule has 3 atom stereocenters. The average Bonchev–Trinajstić information content (AvgIpc) is 2.73. The predicted octanol–water partition coefficient (Wildman–Crippen LogP) is 5.50. The molecule has 1 fully saturated rings. The number of nitrogens with one attached hydrogen (secondary N) is 1. The van der Waals surface area contributed by atoms with Crippen molar-refractivity contribution in [2.45, 2.75) is 31.9 Å². The van der Waals surface area contributed by atoms with Crippen LogP contribution in [0.3, 0.4) is 0 Å². The number of anilines is 1. The third kappa shape index (κ3) is 3.44. The second kappa shape index (κ2) is 8.21. The Hall–Kier alpha value is -1.92. The van der Waals surface area contributed by atoms with Crippen molar-refractivity contribution in [3.05, 3.63) is 45.9 Å². The number of rotatable bonds is 5. The van der Waals surface area contributed by atoms with Gasteiger partial charge in [0.25, 0.3) is 0 Å².